The van der Waals surface area contributed by atoms with Gasteiger partial charge in [0.15, 0.2) is 0 Å². The number of nitrogens with zero attached hydrogens (tertiary/aromatic N) is 2. The molecule has 196 valence electrons. The number of ketones is 1. The van der Waals surface area contributed by atoms with Gasteiger partial charge in [-0.1, -0.05) is 36.4 Å². The van der Waals surface area contributed by atoms with Crippen molar-refractivity contribution in [2.45, 2.75) is 26.1 Å². The minimum Gasteiger partial charge on any atom is -0.507 e. The molecule has 1 aliphatic heterocycles. The van der Waals surface area contributed by atoms with Crippen LogP contribution < -0.4 is 9.47 Å². The summed E-state index contributed by atoms with van der Waals surface area (Å²) in [7, 11) is 1.55. The van der Waals surface area contributed by atoms with Gasteiger partial charge < -0.3 is 19.5 Å². The summed E-state index contributed by atoms with van der Waals surface area (Å²) in [6, 6.07) is 24.8. The van der Waals surface area contributed by atoms with Gasteiger partial charge in [-0.05, 0) is 77.7 Å². The fraction of sp³-hybridized carbons (Fsp3) is 0.156. The molecule has 5 rings (SSSR count). The molecular weight excluding hydrogens is 492 g/mol. The van der Waals surface area contributed by atoms with Crippen molar-refractivity contribution in [1.82, 2.24) is 9.88 Å². The van der Waals surface area contributed by atoms with Crippen molar-refractivity contribution >= 4 is 17.4 Å². The predicted molar refractivity (Wildman–Crippen MR) is 147 cm³/mol. The fourth-order valence-electron chi connectivity index (χ4n) is 4.68. The van der Waals surface area contributed by atoms with Gasteiger partial charge in [-0.3, -0.25) is 14.6 Å². The maximum absolute atomic E-state index is 13.3. The Bertz CT molecular complexity index is 1530. The number of hydrogen-bond donors (Lipinski definition) is 1. The zero-order valence-electron chi connectivity index (χ0n) is 21.7. The highest BCUT2D eigenvalue weighted by Gasteiger charge is 2.46. The standard InChI is InChI=1S/C32H28N2O5/c1-21-6-3-4-7-25(21)20-39-26-12-10-23(11-13-26)30(35)28-29(24-8-5-9-27(18-24)38-2)34(32(37)31(28)36)19-22-14-16-33-17-15-22/h3-18,29,35H,19-20H2,1-2H3. The van der Waals surface area contributed by atoms with Gasteiger partial charge in [0, 0.05) is 24.5 Å². The van der Waals surface area contributed by atoms with Crippen molar-refractivity contribution in [3.05, 3.63) is 131 Å². The van der Waals surface area contributed by atoms with E-state index in [1.165, 1.54) is 4.90 Å². The smallest absolute Gasteiger partial charge is 0.295 e. The number of ether oxygens (including phenoxy) is 2. The monoisotopic (exact) mass is 520 g/mol. The maximum Gasteiger partial charge on any atom is 0.295 e. The minimum absolute atomic E-state index is 0.0240. The van der Waals surface area contributed by atoms with E-state index in [9.17, 15) is 14.7 Å². The number of Topliss-reactive ketones (excluding diaryl/α,β-unsaturated/α-hetero) is 1. The molecule has 0 aliphatic carbocycles. The zero-order chi connectivity index (χ0) is 27.4. The first-order chi connectivity index (χ1) is 19.0. The summed E-state index contributed by atoms with van der Waals surface area (Å²) in [6.45, 7) is 2.62. The Kier molecular flexibility index (Phi) is 7.41. The number of methoxy groups -OCH3 is 1. The van der Waals surface area contributed by atoms with Crippen LogP contribution in [0.1, 0.15) is 33.9 Å². The summed E-state index contributed by atoms with van der Waals surface area (Å²) in [5.41, 5.74) is 4.12. The summed E-state index contributed by atoms with van der Waals surface area (Å²) in [5.74, 6) is -0.466. The predicted octanol–water partition coefficient (Wildman–Crippen LogP) is 5.60. The van der Waals surface area contributed by atoms with Gasteiger partial charge >= 0.3 is 0 Å². The number of rotatable bonds is 8. The number of pyridine rings is 1. The van der Waals surface area contributed by atoms with Crippen LogP contribution in [0.25, 0.3) is 5.76 Å². The van der Waals surface area contributed by atoms with Crippen molar-refractivity contribution in [2.75, 3.05) is 7.11 Å². The highest BCUT2D eigenvalue weighted by Crippen LogP contribution is 2.41. The second kappa shape index (κ2) is 11.2. The summed E-state index contributed by atoms with van der Waals surface area (Å²) < 4.78 is 11.3. The molecule has 39 heavy (non-hydrogen) atoms. The number of hydrogen-bond acceptors (Lipinski definition) is 6. The number of benzene rings is 3. The first kappa shape index (κ1) is 25.7. The number of amides is 1. The highest BCUT2D eigenvalue weighted by molar-refractivity contribution is 6.46. The average molecular weight is 521 g/mol. The van der Waals surface area contributed by atoms with Crippen molar-refractivity contribution in [1.29, 1.82) is 0 Å². The molecule has 0 spiro atoms. The number of aliphatic hydroxyl groups is 1. The number of aryl methyl sites for hydroxylation is 1. The molecule has 1 aromatic heterocycles. The normalized spacial score (nSPS) is 16.4. The lowest BCUT2D eigenvalue weighted by Gasteiger charge is -2.25. The van der Waals surface area contributed by atoms with E-state index in [4.69, 9.17) is 9.47 Å². The summed E-state index contributed by atoms with van der Waals surface area (Å²) >= 11 is 0. The van der Waals surface area contributed by atoms with Gasteiger partial charge in [0.05, 0.1) is 18.7 Å². The van der Waals surface area contributed by atoms with E-state index >= 15 is 0 Å². The van der Waals surface area contributed by atoms with E-state index in [1.807, 2.05) is 37.3 Å². The molecule has 0 saturated carbocycles. The lowest BCUT2D eigenvalue weighted by molar-refractivity contribution is -0.140. The molecule has 0 radical (unpaired) electrons. The van der Waals surface area contributed by atoms with E-state index < -0.39 is 17.7 Å². The summed E-state index contributed by atoms with van der Waals surface area (Å²) in [4.78, 5) is 32.1. The maximum atomic E-state index is 13.3. The largest absolute Gasteiger partial charge is 0.507 e. The van der Waals surface area contributed by atoms with Crippen LogP contribution >= 0.6 is 0 Å². The van der Waals surface area contributed by atoms with Crippen LogP contribution in [-0.4, -0.2) is 33.8 Å². The minimum atomic E-state index is -0.801. The Morgan fingerprint density at radius 3 is 2.38 bits per heavy atom. The fourth-order valence-corrected chi connectivity index (χ4v) is 4.68. The molecule has 1 fully saturated rings. The van der Waals surface area contributed by atoms with Crippen LogP contribution in [0.2, 0.25) is 0 Å². The van der Waals surface area contributed by atoms with Crippen molar-refractivity contribution < 1.29 is 24.2 Å². The first-order valence-electron chi connectivity index (χ1n) is 12.6. The second-order valence-electron chi connectivity index (χ2n) is 9.30. The van der Waals surface area contributed by atoms with Crippen molar-refractivity contribution in [3.8, 4) is 11.5 Å². The van der Waals surface area contributed by atoms with E-state index in [2.05, 4.69) is 4.98 Å². The molecule has 7 heteroatoms. The van der Waals surface area contributed by atoms with E-state index in [0.717, 1.165) is 16.7 Å². The molecule has 4 aromatic rings. The Labute approximate surface area is 227 Å². The van der Waals surface area contributed by atoms with Crippen LogP contribution in [0.5, 0.6) is 11.5 Å². The third kappa shape index (κ3) is 5.38. The Morgan fingerprint density at radius 1 is 0.923 bits per heavy atom. The Morgan fingerprint density at radius 2 is 1.67 bits per heavy atom. The van der Waals surface area contributed by atoms with E-state index in [0.29, 0.717) is 29.2 Å². The molecule has 1 N–H and O–H groups in total. The number of aliphatic hydroxyl groups excluding tert-OH is 1. The third-order valence-corrected chi connectivity index (χ3v) is 6.84. The molecule has 7 nitrogen and oxygen atoms in total. The topological polar surface area (TPSA) is 89.0 Å². The number of carbonyl (C=O) groups is 2. The van der Waals surface area contributed by atoms with Gasteiger partial charge in [-0.15, -0.1) is 0 Å². The van der Waals surface area contributed by atoms with Crippen LogP contribution in [0, 0.1) is 6.92 Å². The lowest BCUT2D eigenvalue weighted by Crippen LogP contribution is -2.29. The van der Waals surface area contributed by atoms with Gasteiger partial charge in [-0.25, -0.2) is 0 Å². The Balaban J connectivity index is 1.49. The Hall–Kier alpha value is -4.91. The third-order valence-electron chi connectivity index (χ3n) is 6.84. The SMILES string of the molecule is COc1cccc(C2C(=C(O)c3ccc(OCc4ccccc4C)cc3)C(=O)C(=O)N2Cc2ccncc2)c1. The summed E-state index contributed by atoms with van der Waals surface area (Å²) in [6.07, 6.45) is 3.27. The number of carbonyl (C=O) groups excluding carboxylic acids is 2. The quantitative estimate of drug-likeness (QED) is 0.185. The highest BCUT2D eigenvalue weighted by atomic mass is 16.5. The molecule has 3 aromatic carbocycles. The average Bonchev–Trinajstić information content (AvgIpc) is 3.22. The van der Waals surface area contributed by atoms with Gasteiger partial charge in [0.25, 0.3) is 11.7 Å². The van der Waals surface area contributed by atoms with E-state index in [1.54, 1.807) is 74.1 Å². The zero-order valence-corrected chi connectivity index (χ0v) is 21.7. The van der Waals surface area contributed by atoms with Crippen LogP contribution in [-0.2, 0) is 22.7 Å². The molecule has 1 atom stereocenters. The van der Waals surface area contributed by atoms with Crippen LogP contribution in [0.4, 0.5) is 0 Å². The van der Waals surface area contributed by atoms with Crippen molar-refractivity contribution in [2.24, 2.45) is 0 Å². The van der Waals surface area contributed by atoms with Gasteiger partial charge in [0.2, 0.25) is 0 Å². The van der Waals surface area contributed by atoms with E-state index in [-0.39, 0.29) is 17.9 Å². The molecule has 0 bridgehead atoms. The summed E-state index contributed by atoms with van der Waals surface area (Å²) in [5, 5.41) is 11.4. The molecule has 1 amide bonds. The molecular formula is C32H28N2O5. The molecule has 1 saturated heterocycles. The van der Waals surface area contributed by atoms with Gasteiger partial charge in [0.1, 0.15) is 23.9 Å². The molecule has 1 aliphatic rings. The van der Waals surface area contributed by atoms with Crippen LogP contribution in [0.3, 0.4) is 0 Å². The van der Waals surface area contributed by atoms with Gasteiger partial charge in [-0.2, -0.15) is 0 Å². The first-order valence-corrected chi connectivity index (χ1v) is 12.6. The molecule has 1 unspecified atom stereocenters. The number of aromatic nitrogens is 1. The van der Waals surface area contributed by atoms with Crippen molar-refractivity contribution in [3.63, 3.8) is 0 Å². The second-order valence-corrected chi connectivity index (χ2v) is 9.30. The number of likely N-dealkylation sites (tertiary alicyclic amines) is 1. The lowest BCUT2D eigenvalue weighted by atomic mass is 9.95. The van der Waals surface area contributed by atoms with Crippen LogP contribution in [0.15, 0.2) is 103 Å². The molecule has 2 heterocycles.